The molecule has 2 heterocycles. The Morgan fingerprint density at radius 2 is 1.95 bits per heavy atom. The third kappa shape index (κ3) is 2.04. The van der Waals surface area contributed by atoms with E-state index < -0.39 is 0 Å². The molecule has 0 aromatic heterocycles. The third-order valence-electron chi connectivity index (χ3n) is 4.73. The number of rotatable bonds is 2. The predicted octanol–water partition coefficient (Wildman–Crippen LogP) is 2.20. The van der Waals surface area contributed by atoms with E-state index in [1.165, 1.54) is 7.11 Å². The van der Waals surface area contributed by atoms with Crippen molar-refractivity contribution in [2.75, 3.05) is 14.2 Å². The maximum atomic E-state index is 12.1. The van der Waals surface area contributed by atoms with E-state index in [0.29, 0.717) is 23.8 Å². The number of methoxy groups -OCH3 is 1. The van der Waals surface area contributed by atoms with Gasteiger partial charge in [0.05, 0.1) is 12.7 Å². The van der Waals surface area contributed by atoms with Crippen LogP contribution in [-0.4, -0.2) is 36.9 Å². The van der Waals surface area contributed by atoms with Crippen LogP contribution in [0, 0.1) is 5.92 Å². The SMILES string of the molecule is COC(=O)c1ccc(C2C3CCC(CC3=O)N2C)cc1. The maximum absolute atomic E-state index is 12.1. The Balaban J connectivity index is 1.88. The molecule has 3 unspecified atom stereocenters. The fraction of sp³-hybridized carbons (Fsp3) is 0.500. The van der Waals surface area contributed by atoms with E-state index in [9.17, 15) is 9.59 Å². The number of carbonyl (C=O) groups excluding carboxylic acids is 2. The lowest BCUT2D eigenvalue weighted by atomic mass is 9.72. The molecule has 4 nitrogen and oxygen atoms in total. The van der Waals surface area contributed by atoms with Crippen LogP contribution in [0.15, 0.2) is 24.3 Å². The van der Waals surface area contributed by atoms with Gasteiger partial charge in [-0.05, 0) is 37.6 Å². The predicted molar refractivity (Wildman–Crippen MR) is 74.4 cm³/mol. The number of ether oxygens (including phenoxy) is 1. The van der Waals surface area contributed by atoms with Crippen molar-refractivity contribution in [3.8, 4) is 0 Å². The van der Waals surface area contributed by atoms with Gasteiger partial charge in [-0.25, -0.2) is 4.79 Å². The zero-order chi connectivity index (χ0) is 14.3. The summed E-state index contributed by atoms with van der Waals surface area (Å²) in [5.74, 6) is 0.168. The van der Waals surface area contributed by atoms with Crippen LogP contribution in [0.25, 0.3) is 0 Å². The molecule has 1 aromatic carbocycles. The first-order chi connectivity index (χ1) is 9.61. The van der Waals surface area contributed by atoms with Gasteiger partial charge in [-0.15, -0.1) is 0 Å². The fourth-order valence-corrected chi connectivity index (χ4v) is 3.61. The summed E-state index contributed by atoms with van der Waals surface area (Å²) in [5.41, 5.74) is 1.66. The van der Waals surface area contributed by atoms with Gasteiger partial charge in [-0.1, -0.05) is 12.1 Å². The second-order valence-electron chi connectivity index (χ2n) is 5.73. The topological polar surface area (TPSA) is 46.6 Å². The van der Waals surface area contributed by atoms with Crippen molar-refractivity contribution in [1.82, 2.24) is 4.90 Å². The first kappa shape index (κ1) is 13.3. The van der Waals surface area contributed by atoms with Crippen LogP contribution in [-0.2, 0) is 9.53 Å². The largest absolute Gasteiger partial charge is 0.465 e. The van der Waals surface area contributed by atoms with Gasteiger partial charge in [-0.2, -0.15) is 0 Å². The quantitative estimate of drug-likeness (QED) is 0.775. The van der Waals surface area contributed by atoms with E-state index >= 15 is 0 Å². The molecule has 2 saturated heterocycles. The van der Waals surface area contributed by atoms with Crippen molar-refractivity contribution in [2.45, 2.75) is 31.3 Å². The van der Waals surface area contributed by atoms with Crippen molar-refractivity contribution in [1.29, 1.82) is 0 Å². The molecule has 1 saturated carbocycles. The molecule has 3 fully saturated rings. The van der Waals surface area contributed by atoms with E-state index in [1.807, 2.05) is 12.1 Å². The zero-order valence-corrected chi connectivity index (χ0v) is 11.8. The van der Waals surface area contributed by atoms with Crippen LogP contribution in [0.2, 0.25) is 0 Å². The molecule has 0 radical (unpaired) electrons. The molecular weight excluding hydrogens is 254 g/mol. The van der Waals surface area contributed by atoms with Crippen molar-refractivity contribution in [3.05, 3.63) is 35.4 Å². The molecule has 106 valence electrons. The Morgan fingerprint density at radius 3 is 2.55 bits per heavy atom. The van der Waals surface area contributed by atoms with Crippen LogP contribution < -0.4 is 0 Å². The minimum Gasteiger partial charge on any atom is -0.465 e. The van der Waals surface area contributed by atoms with Gasteiger partial charge in [0.1, 0.15) is 5.78 Å². The van der Waals surface area contributed by atoms with Crippen LogP contribution in [0.5, 0.6) is 0 Å². The molecule has 0 amide bonds. The lowest BCUT2D eigenvalue weighted by Crippen LogP contribution is -2.52. The highest BCUT2D eigenvalue weighted by molar-refractivity contribution is 5.89. The van der Waals surface area contributed by atoms with Crippen LogP contribution in [0.3, 0.4) is 0 Å². The molecule has 1 aromatic rings. The van der Waals surface area contributed by atoms with Crippen molar-refractivity contribution < 1.29 is 14.3 Å². The zero-order valence-electron chi connectivity index (χ0n) is 11.8. The lowest BCUT2D eigenvalue weighted by Gasteiger charge is -2.49. The Kier molecular flexibility index (Phi) is 3.34. The minimum atomic E-state index is -0.328. The second-order valence-corrected chi connectivity index (χ2v) is 5.73. The van der Waals surface area contributed by atoms with E-state index in [-0.39, 0.29) is 17.9 Å². The molecule has 1 aliphatic carbocycles. The van der Waals surface area contributed by atoms with Crippen molar-refractivity contribution in [3.63, 3.8) is 0 Å². The number of esters is 1. The maximum Gasteiger partial charge on any atom is 0.337 e. The van der Waals surface area contributed by atoms with Crippen LogP contribution in [0.1, 0.15) is 41.2 Å². The highest BCUT2D eigenvalue weighted by Crippen LogP contribution is 2.44. The van der Waals surface area contributed by atoms with Gasteiger partial charge in [0.15, 0.2) is 0 Å². The molecule has 2 aliphatic heterocycles. The van der Waals surface area contributed by atoms with E-state index in [1.54, 1.807) is 12.1 Å². The summed E-state index contributed by atoms with van der Waals surface area (Å²) < 4.78 is 4.71. The molecule has 0 N–H and O–H groups in total. The fourth-order valence-electron chi connectivity index (χ4n) is 3.61. The summed E-state index contributed by atoms with van der Waals surface area (Å²) in [5, 5.41) is 0. The standard InChI is InChI=1S/C16H19NO3/c1-17-12-7-8-13(14(18)9-12)15(17)10-3-5-11(6-4-10)16(19)20-2/h3-6,12-13,15H,7-9H2,1-2H3. The monoisotopic (exact) mass is 273 g/mol. The summed E-state index contributed by atoms with van der Waals surface area (Å²) >= 11 is 0. The van der Waals surface area contributed by atoms with Crippen LogP contribution >= 0.6 is 0 Å². The molecule has 4 rings (SSSR count). The smallest absolute Gasteiger partial charge is 0.337 e. The Bertz CT molecular complexity index is 537. The molecule has 0 spiro atoms. The van der Waals surface area contributed by atoms with E-state index in [4.69, 9.17) is 4.74 Å². The molecule has 20 heavy (non-hydrogen) atoms. The highest BCUT2D eigenvalue weighted by atomic mass is 16.5. The summed E-state index contributed by atoms with van der Waals surface area (Å²) in [4.78, 5) is 25.9. The van der Waals surface area contributed by atoms with Crippen LogP contribution in [0.4, 0.5) is 0 Å². The number of ketones is 1. The number of fused-ring (bicyclic) bond motifs is 3. The third-order valence-corrected chi connectivity index (χ3v) is 4.73. The molecule has 3 aliphatic rings. The van der Waals surface area contributed by atoms with E-state index in [0.717, 1.165) is 18.4 Å². The van der Waals surface area contributed by atoms with Gasteiger partial charge in [0, 0.05) is 24.4 Å². The summed E-state index contributed by atoms with van der Waals surface area (Å²) in [6.45, 7) is 0. The summed E-state index contributed by atoms with van der Waals surface area (Å²) in [6, 6.07) is 7.98. The van der Waals surface area contributed by atoms with Crippen molar-refractivity contribution >= 4 is 11.8 Å². The molecule has 3 atom stereocenters. The van der Waals surface area contributed by atoms with Gasteiger partial charge < -0.3 is 4.74 Å². The lowest BCUT2D eigenvalue weighted by molar-refractivity contribution is -0.136. The molecule has 2 bridgehead atoms. The first-order valence-electron chi connectivity index (χ1n) is 7.04. The number of piperidine rings is 2. The Labute approximate surface area is 118 Å². The number of hydrogen-bond donors (Lipinski definition) is 0. The second kappa shape index (κ2) is 5.02. The van der Waals surface area contributed by atoms with Gasteiger partial charge in [0.2, 0.25) is 0 Å². The summed E-state index contributed by atoms with van der Waals surface area (Å²) in [7, 11) is 3.48. The van der Waals surface area contributed by atoms with E-state index in [2.05, 4.69) is 11.9 Å². The minimum absolute atomic E-state index is 0.106. The molecular formula is C16H19NO3. The van der Waals surface area contributed by atoms with Crippen molar-refractivity contribution in [2.24, 2.45) is 5.92 Å². The molecule has 4 heteroatoms. The number of benzene rings is 1. The number of nitrogens with zero attached hydrogens (tertiary/aromatic N) is 1. The number of carbonyl (C=O) groups is 2. The van der Waals surface area contributed by atoms with Gasteiger partial charge in [-0.3, -0.25) is 9.69 Å². The average Bonchev–Trinajstić information content (AvgIpc) is 2.48. The Hall–Kier alpha value is -1.68. The number of Topliss-reactive ketones (excluding diaryl/α,β-unsaturated/α-hetero) is 1. The van der Waals surface area contributed by atoms with Gasteiger partial charge in [0.25, 0.3) is 0 Å². The normalized spacial score (nSPS) is 29.5. The number of hydrogen-bond acceptors (Lipinski definition) is 4. The average molecular weight is 273 g/mol. The first-order valence-corrected chi connectivity index (χ1v) is 7.04. The Morgan fingerprint density at radius 1 is 1.25 bits per heavy atom. The van der Waals surface area contributed by atoms with Gasteiger partial charge >= 0.3 is 5.97 Å². The highest BCUT2D eigenvalue weighted by Gasteiger charge is 2.45. The summed E-state index contributed by atoms with van der Waals surface area (Å²) in [6.07, 6.45) is 2.79.